The molecule has 5 nitrogen and oxygen atoms in total. The summed E-state index contributed by atoms with van der Waals surface area (Å²) in [5, 5.41) is 2.51. The molecule has 1 N–H and O–H groups in total. The molecule has 2 aromatic carbocycles. The Hall–Kier alpha value is -2.81. The van der Waals surface area contributed by atoms with E-state index in [1.807, 2.05) is 0 Å². The molecule has 0 aromatic heterocycles. The summed E-state index contributed by atoms with van der Waals surface area (Å²) in [5.74, 6) is -0.672. The van der Waals surface area contributed by atoms with E-state index in [0.29, 0.717) is 16.9 Å². The Labute approximate surface area is 162 Å². The van der Waals surface area contributed by atoms with Crippen molar-refractivity contribution in [3.05, 3.63) is 65.2 Å². The Morgan fingerprint density at radius 3 is 2.07 bits per heavy atom. The van der Waals surface area contributed by atoms with Gasteiger partial charge < -0.3 is 5.32 Å². The Kier molecular flexibility index (Phi) is 5.73. The number of alkyl halides is 3. The van der Waals surface area contributed by atoms with E-state index in [0.717, 1.165) is 17.0 Å². The summed E-state index contributed by atoms with van der Waals surface area (Å²) in [7, 11) is 0. The SMILES string of the molecule is O=C(CSCCN1C(=O)c2ccccc2C1=O)Nc1ccc(C(F)(F)F)cc1. The lowest BCUT2D eigenvalue weighted by molar-refractivity contribution is -0.137. The molecule has 0 radical (unpaired) electrons. The van der Waals surface area contributed by atoms with Gasteiger partial charge in [0, 0.05) is 18.0 Å². The van der Waals surface area contributed by atoms with Crippen LogP contribution in [0.5, 0.6) is 0 Å². The molecule has 0 saturated heterocycles. The first-order valence-corrected chi connectivity index (χ1v) is 9.43. The molecule has 2 aromatic rings. The minimum absolute atomic E-state index is 0.0458. The standard InChI is InChI=1S/C19H15F3N2O3S/c20-19(21,22)12-5-7-13(8-6-12)23-16(25)11-28-10-9-24-17(26)14-3-1-2-4-15(14)18(24)27/h1-8H,9-11H2,(H,23,25). The van der Waals surface area contributed by atoms with Gasteiger partial charge in [0.05, 0.1) is 22.4 Å². The number of fused-ring (bicyclic) bond motifs is 1. The zero-order chi connectivity index (χ0) is 20.3. The number of halogens is 3. The van der Waals surface area contributed by atoms with Crippen molar-refractivity contribution in [1.29, 1.82) is 0 Å². The number of nitrogens with zero attached hydrogens (tertiary/aromatic N) is 1. The van der Waals surface area contributed by atoms with Gasteiger partial charge in [0.25, 0.3) is 11.8 Å². The van der Waals surface area contributed by atoms with Crippen LogP contribution >= 0.6 is 11.8 Å². The number of hydrogen-bond acceptors (Lipinski definition) is 4. The molecule has 3 amide bonds. The molecule has 1 heterocycles. The van der Waals surface area contributed by atoms with Crippen LogP contribution in [0.25, 0.3) is 0 Å². The van der Waals surface area contributed by atoms with Gasteiger partial charge in [0.15, 0.2) is 0 Å². The van der Waals surface area contributed by atoms with Crippen LogP contribution in [-0.4, -0.2) is 40.7 Å². The monoisotopic (exact) mass is 408 g/mol. The smallest absolute Gasteiger partial charge is 0.325 e. The van der Waals surface area contributed by atoms with E-state index in [9.17, 15) is 27.6 Å². The van der Waals surface area contributed by atoms with Crippen LogP contribution in [0.15, 0.2) is 48.5 Å². The maximum atomic E-state index is 12.5. The first-order chi connectivity index (χ1) is 13.3. The fourth-order valence-corrected chi connectivity index (χ4v) is 3.42. The van der Waals surface area contributed by atoms with Crippen LogP contribution < -0.4 is 5.32 Å². The van der Waals surface area contributed by atoms with Crippen LogP contribution in [0.2, 0.25) is 0 Å². The molecule has 0 unspecified atom stereocenters. The van der Waals surface area contributed by atoms with Crippen molar-refractivity contribution < 1.29 is 27.6 Å². The summed E-state index contributed by atoms with van der Waals surface area (Å²) in [4.78, 5) is 37.5. The van der Waals surface area contributed by atoms with Crippen LogP contribution in [0, 0.1) is 0 Å². The second-order valence-corrected chi connectivity index (χ2v) is 7.09. The molecule has 0 atom stereocenters. The molecule has 0 saturated carbocycles. The summed E-state index contributed by atoms with van der Waals surface area (Å²) >= 11 is 1.22. The predicted molar refractivity (Wildman–Crippen MR) is 99.2 cm³/mol. The normalized spacial score (nSPS) is 13.6. The number of carbonyl (C=O) groups excluding carboxylic acids is 3. The highest BCUT2D eigenvalue weighted by atomic mass is 32.2. The fourth-order valence-electron chi connectivity index (χ4n) is 2.70. The predicted octanol–water partition coefficient (Wildman–Crippen LogP) is 3.67. The lowest BCUT2D eigenvalue weighted by Crippen LogP contribution is -2.32. The third-order valence-electron chi connectivity index (χ3n) is 4.07. The summed E-state index contributed by atoms with van der Waals surface area (Å²) in [5.41, 5.74) is 0.217. The summed E-state index contributed by atoms with van der Waals surface area (Å²) < 4.78 is 37.5. The Morgan fingerprint density at radius 2 is 1.54 bits per heavy atom. The zero-order valence-corrected chi connectivity index (χ0v) is 15.3. The molecule has 0 fully saturated rings. The van der Waals surface area contributed by atoms with Gasteiger partial charge in [-0.15, -0.1) is 0 Å². The molecule has 3 rings (SSSR count). The number of hydrogen-bond donors (Lipinski definition) is 1. The Bertz CT molecular complexity index is 878. The molecule has 0 bridgehead atoms. The summed E-state index contributed by atoms with van der Waals surface area (Å²) in [6.07, 6.45) is -4.43. The third kappa shape index (κ3) is 4.36. The van der Waals surface area contributed by atoms with E-state index in [4.69, 9.17) is 0 Å². The van der Waals surface area contributed by atoms with Gasteiger partial charge in [-0.1, -0.05) is 12.1 Å². The quantitative estimate of drug-likeness (QED) is 0.585. The number of nitrogens with one attached hydrogen (secondary N) is 1. The van der Waals surface area contributed by atoms with Crippen molar-refractivity contribution in [1.82, 2.24) is 4.90 Å². The van der Waals surface area contributed by atoms with Gasteiger partial charge in [-0.2, -0.15) is 24.9 Å². The minimum Gasteiger partial charge on any atom is -0.325 e. The van der Waals surface area contributed by atoms with E-state index in [1.165, 1.54) is 23.9 Å². The van der Waals surface area contributed by atoms with Gasteiger partial charge >= 0.3 is 6.18 Å². The molecular formula is C19H15F3N2O3S. The Balaban J connectivity index is 1.44. The fraction of sp³-hybridized carbons (Fsp3) is 0.211. The van der Waals surface area contributed by atoms with Crippen LogP contribution in [0.4, 0.5) is 18.9 Å². The number of benzene rings is 2. The first-order valence-electron chi connectivity index (χ1n) is 8.27. The zero-order valence-electron chi connectivity index (χ0n) is 14.5. The summed E-state index contributed by atoms with van der Waals surface area (Å²) in [6, 6.07) is 10.7. The number of imide groups is 1. The highest BCUT2D eigenvalue weighted by molar-refractivity contribution is 7.99. The third-order valence-corrected chi connectivity index (χ3v) is 5.00. The maximum Gasteiger partial charge on any atom is 0.416 e. The highest BCUT2D eigenvalue weighted by Crippen LogP contribution is 2.29. The average Bonchev–Trinajstić information content (AvgIpc) is 2.90. The van der Waals surface area contributed by atoms with Crippen LogP contribution in [0.1, 0.15) is 26.3 Å². The number of carbonyl (C=O) groups is 3. The van der Waals surface area contributed by atoms with Crippen molar-refractivity contribution in [2.45, 2.75) is 6.18 Å². The van der Waals surface area contributed by atoms with Crippen molar-refractivity contribution in [3.63, 3.8) is 0 Å². The van der Waals surface area contributed by atoms with E-state index in [1.54, 1.807) is 24.3 Å². The van der Waals surface area contributed by atoms with Gasteiger partial charge in [-0.3, -0.25) is 19.3 Å². The molecule has 28 heavy (non-hydrogen) atoms. The van der Waals surface area contributed by atoms with Crippen molar-refractivity contribution in [3.8, 4) is 0 Å². The van der Waals surface area contributed by atoms with Crippen molar-refractivity contribution >= 4 is 35.2 Å². The second-order valence-electron chi connectivity index (χ2n) is 5.98. The summed E-state index contributed by atoms with van der Waals surface area (Å²) in [6.45, 7) is 0.171. The molecular weight excluding hydrogens is 393 g/mol. The van der Waals surface area contributed by atoms with Crippen LogP contribution in [0.3, 0.4) is 0 Å². The highest BCUT2D eigenvalue weighted by Gasteiger charge is 2.34. The lowest BCUT2D eigenvalue weighted by atomic mass is 10.1. The lowest BCUT2D eigenvalue weighted by Gasteiger charge is -2.13. The minimum atomic E-state index is -4.43. The van der Waals surface area contributed by atoms with E-state index in [-0.39, 0.29) is 35.7 Å². The van der Waals surface area contributed by atoms with Gasteiger partial charge in [0.2, 0.25) is 5.91 Å². The van der Waals surface area contributed by atoms with Crippen LogP contribution in [-0.2, 0) is 11.0 Å². The van der Waals surface area contributed by atoms with E-state index >= 15 is 0 Å². The van der Waals surface area contributed by atoms with E-state index in [2.05, 4.69) is 5.32 Å². The number of anilines is 1. The molecule has 146 valence electrons. The second kappa shape index (κ2) is 8.05. The molecule has 1 aliphatic rings. The topological polar surface area (TPSA) is 66.5 Å². The number of rotatable bonds is 6. The largest absolute Gasteiger partial charge is 0.416 e. The van der Waals surface area contributed by atoms with Gasteiger partial charge in [-0.25, -0.2) is 0 Å². The number of amides is 3. The average molecular weight is 408 g/mol. The van der Waals surface area contributed by atoms with Gasteiger partial charge in [-0.05, 0) is 36.4 Å². The maximum absolute atomic E-state index is 12.5. The Morgan fingerprint density at radius 1 is 0.964 bits per heavy atom. The molecule has 0 spiro atoms. The van der Waals surface area contributed by atoms with Gasteiger partial charge in [0.1, 0.15) is 0 Å². The molecule has 1 aliphatic heterocycles. The van der Waals surface area contributed by atoms with Crippen molar-refractivity contribution in [2.75, 3.05) is 23.4 Å². The van der Waals surface area contributed by atoms with E-state index < -0.39 is 11.7 Å². The number of thioether (sulfide) groups is 1. The molecule has 0 aliphatic carbocycles. The first kappa shape index (κ1) is 19.9. The molecule has 9 heteroatoms. The van der Waals surface area contributed by atoms with Crippen molar-refractivity contribution in [2.24, 2.45) is 0 Å².